The maximum atomic E-state index is 12.9. The van der Waals surface area contributed by atoms with Crippen LogP contribution in [-0.2, 0) is 6.18 Å². The van der Waals surface area contributed by atoms with E-state index in [0.29, 0.717) is 42.5 Å². The van der Waals surface area contributed by atoms with E-state index in [9.17, 15) is 27.2 Å². The molecule has 6 nitrogen and oxygen atoms in total. The van der Waals surface area contributed by atoms with Crippen molar-refractivity contribution in [2.45, 2.75) is 31.7 Å². The Bertz CT molecular complexity index is 1140. The number of alkyl halides is 5. The Balaban J connectivity index is 1.71. The summed E-state index contributed by atoms with van der Waals surface area (Å²) in [4.78, 5) is 6.06. The van der Waals surface area contributed by atoms with Crippen molar-refractivity contribution in [1.82, 2.24) is 14.8 Å². The zero-order valence-electron chi connectivity index (χ0n) is 16.0. The number of rotatable bonds is 4. The van der Waals surface area contributed by atoms with Crippen molar-refractivity contribution in [3.8, 4) is 11.8 Å². The van der Waals surface area contributed by atoms with Crippen molar-refractivity contribution in [3.05, 3.63) is 47.9 Å². The van der Waals surface area contributed by atoms with Crippen LogP contribution in [0.4, 0.5) is 27.6 Å². The van der Waals surface area contributed by atoms with Crippen molar-refractivity contribution < 1.29 is 26.7 Å². The fourth-order valence-electron chi connectivity index (χ4n) is 3.82. The molecule has 0 N–H and O–H groups in total. The third kappa shape index (κ3) is 4.23. The third-order valence-corrected chi connectivity index (χ3v) is 5.14. The monoisotopic (exact) mass is 437 g/mol. The number of halogens is 5. The van der Waals surface area contributed by atoms with Crippen LogP contribution in [0.5, 0.6) is 5.75 Å². The Morgan fingerprint density at radius 1 is 1.23 bits per heavy atom. The van der Waals surface area contributed by atoms with Crippen LogP contribution in [0, 0.1) is 11.3 Å². The van der Waals surface area contributed by atoms with Crippen molar-refractivity contribution in [2.24, 2.45) is 0 Å². The number of ether oxygens (including phenoxy) is 1. The zero-order valence-corrected chi connectivity index (χ0v) is 16.0. The number of nitrogens with zero attached hydrogens (tertiary/aromatic N) is 5. The molecule has 0 spiro atoms. The Kier molecular flexibility index (Phi) is 5.39. The van der Waals surface area contributed by atoms with E-state index in [2.05, 4.69) is 20.9 Å². The smallest absolute Gasteiger partial charge is 0.435 e. The lowest BCUT2D eigenvalue weighted by molar-refractivity contribution is -0.141. The minimum atomic E-state index is -4.53. The van der Waals surface area contributed by atoms with Gasteiger partial charge in [-0.1, -0.05) is 0 Å². The molecule has 0 bridgehead atoms. The Hall–Kier alpha value is -3.42. The van der Waals surface area contributed by atoms with E-state index in [0.717, 1.165) is 6.07 Å². The number of piperidine rings is 1. The summed E-state index contributed by atoms with van der Waals surface area (Å²) < 4.78 is 69.8. The average molecular weight is 437 g/mol. The summed E-state index contributed by atoms with van der Waals surface area (Å²) in [7, 11) is 0. The van der Waals surface area contributed by atoms with Gasteiger partial charge < -0.3 is 9.64 Å². The van der Waals surface area contributed by atoms with Gasteiger partial charge in [-0.15, -0.1) is 0 Å². The maximum Gasteiger partial charge on any atom is 0.435 e. The first-order valence-electron chi connectivity index (χ1n) is 9.41. The number of pyridine rings is 1. The second-order valence-corrected chi connectivity index (χ2v) is 7.11. The summed E-state index contributed by atoms with van der Waals surface area (Å²) in [5.74, 6) is -0.0731. The lowest BCUT2D eigenvalue weighted by atomic mass is 10.0. The van der Waals surface area contributed by atoms with E-state index < -0.39 is 18.5 Å². The van der Waals surface area contributed by atoms with Gasteiger partial charge in [0.2, 0.25) is 0 Å². The highest BCUT2D eigenvalue weighted by atomic mass is 19.4. The summed E-state index contributed by atoms with van der Waals surface area (Å²) in [5, 5.41) is 13.7. The van der Waals surface area contributed by atoms with Gasteiger partial charge in [0.25, 0.3) is 0 Å². The summed E-state index contributed by atoms with van der Waals surface area (Å²) in [6.45, 7) is -2.17. The molecule has 1 unspecified atom stereocenters. The van der Waals surface area contributed by atoms with E-state index in [1.807, 2.05) is 4.90 Å². The molecular weight excluding hydrogens is 421 g/mol. The third-order valence-electron chi connectivity index (χ3n) is 5.14. The highest BCUT2D eigenvalue weighted by molar-refractivity contribution is 5.95. The van der Waals surface area contributed by atoms with Gasteiger partial charge in [0.15, 0.2) is 5.69 Å². The number of nitriles is 1. The average Bonchev–Trinajstić information content (AvgIpc) is 3.23. The highest BCUT2D eigenvalue weighted by Gasteiger charge is 2.35. The SMILES string of the molecule is N#Cc1cnc2ccc(OC(F)F)cc2c1N1CCCC(n2ccc(C(F)(F)F)n2)C1. The predicted molar refractivity (Wildman–Crippen MR) is 101 cm³/mol. The van der Waals surface area contributed by atoms with E-state index >= 15 is 0 Å². The molecule has 11 heteroatoms. The molecule has 4 rings (SSSR count). The van der Waals surface area contributed by atoms with Crippen molar-refractivity contribution >= 4 is 16.6 Å². The van der Waals surface area contributed by atoms with E-state index in [4.69, 9.17) is 0 Å². The first-order chi connectivity index (χ1) is 14.8. The lowest BCUT2D eigenvalue weighted by Crippen LogP contribution is -2.37. The van der Waals surface area contributed by atoms with Crippen molar-refractivity contribution in [2.75, 3.05) is 18.0 Å². The maximum absolute atomic E-state index is 12.9. The molecule has 1 aliphatic heterocycles. The van der Waals surface area contributed by atoms with Crippen LogP contribution in [0.15, 0.2) is 36.7 Å². The van der Waals surface area contributed by atoms with Crippen LogP contribution in [0.3, 0.4) is 0 Å². The molecule has 1 fully saturated rings. The van der Waals surface area contributed by atoms with E-state index in [-0.39, 0.29) is 17.4 Å². The van der Waals surface area contributed by atoms with Crippen molar-refractivity contribution in [1.29, 1.82) is 5.26 Å². The quantitative estimate of drug-likeness (QED) is 0.551. The van der Waals surface area contributed by atoms with Crippen LogP contribution in [0.25, 0.3) is 10.9 Å². The zero-order chi connectivity index (χ0) is 22.2. The topological polar surface area (TPSA) is 67.0 Å². The van der Waals surface area contributed by atoms with Crippen LogP contribution in [-0.4, -0.2) is 34.5 Å². The molecule has 162 valence electrons. The van der Waals surface area contributed by atoms with Crippen LogP contribution < -0.4 is 9.64 Å². The number of benzene rings is 1. The van der Waals surface area contributed by atoms with Gasteiger partial charge in [0.1, 0.15) is 11.8 Å². The lowest BCUT2D eigenvalue weighted by Gasteiger charge is -2.35. The molecule has 2 aromatic heterocycles. The standard InChI is InChI=1S/C20H16F5N5O/c21-19(22)31-14-3-4-16-15(8-14)18(12(9-26)10-27-16)29-6-1-2-13(11-29)30-7-5-17(28-30)20(23,24)25/h3-5,7-8,10,13,19H,1-2,6,11H2. The fourth-order valence-corrected chi connectivity index (χ4v) is 3.82. The molecule has 0 amide bonds. The molecule has 0 saturated carbocycles. The van der Waals surface area contributed by atoms with Gasteiger partial charge in [-0.2, -0.15) is 32.3 Å². The highest BCUT2D eigenvalue weighted by Crippen LogP contribution is 2.36. The number of hydrogen-bond donors (Lipinski definition) is 0. The molecule has 31 heavy (non-hydrogen) atoms. The van der Waals surface area contributed by atoms with Gasteiger partial charge in [0, 0.05) is 30.9 Å². The largest absolute Gasteiger partial charge is 0.435 e. The number of fused-ring (bicyclic) bond motifs is 1. The minimum absolute atomic E-state index is 0.0731. The molecule has 3 heterocycles. The number of anilines is 1. The van der Waals surface area contributed by atoms with E-state index in [1.54, 1.807) is 0 Å². The first-order valence-corrected chi connectivity index (χ1v) is 9.41. The molecule has 0 aliphatic carbocycles. The van der Waals surface area contributed by atoms with Crippen molar-refractivity contribution in [3.63, 3.8) is 0 Å². The number of aromatic nitrogens is 3. The Labute approximate surface area is 173 Å². The van der Waals surface area contributed by atoms with Gasteiger partial charge >= 0.3 is 12.8 Å². The van der Waals surface area contributed by atoms with E-state index in [1.165, 1.54) is 35.3 Å². The molecule has 1 aromatic carbocycles. The Morgan fingerprint density at radius 3 is 2.71 bits per heavy atom. The molecule has 1 aliphatic rings. The fraction of sp³-hybridized carbons (Fsp3) is 0.350. The molecule has 3 aromatic rings. The molecule has 1 atom stereocenters. The summed E-state index contributed by atoms with van der Waals surface area (Å²) in [6.07, 6.45) is -0.587. The summed E-state index contributed by atoms with van der Waals surface area (Å²) >= 11 is 0. The van der Waals surface area contributed by atoms with Gasteiger partial charge in [0.05, 0.1) is 22.8 Å². The molecule has 0 radical (unpaired) electrons. The van der Waals surface area contributed by atoms with Gasteiger partial charge in [-0.3, -0.25) is 9.67 Å². The summed E-state index contributed by atoms with van der Waals surface area (Å²) in [5.41, 5.74) is 0.237. The van der Waals surface area contributed by atoms with Gasteiger partial charge in [-0.05, 0) is 37.1 Å². The molecular formula is C20H16F5N5O. The second kappa shape index (κ2) is 8.02. The second-order valence-electron chi connectivity index (χ2n) is 7.11. The minimum Gasteiger partial charge on any atom is -0.435 e. The number of hydrogen-bond acceptors (Lipinski definition) is 5. The van der Waals surface area contributed by atoms with Gasteiger partial charge in [-0.25, -0.2) is 0 Å². The molecule has 1 saturated heterocycles. The van der Waals surface area contributed by atoms with Crippen LogP contribution >= 0.6 is 0 Å². The predicted octanol–water partition coefficient (Wildman–Crippen LogP) is 4.76. The first kappa shape index (κ1) is 20.8. The van der Waals surface area contributed by atoms with Crippen LogP contribution in [0.1, 0.15) is 30.1 Å². The Morgan fingerprint density at radius 2 is 2.03 bits per heavy atom. The summed E-state index contributed by atoms with van der Waals surface area (Å²) in [6, 6.07) is 6.91. The normalized spacial score (nSPS) is 17.2. The van der Waals surface area contributed by atoms with Crippen LogP contribution in [0.2, 0.25) is 0 Å².